The van der Waals surface area contributed by atoms with Gasteiger partial charge in [0, 0.05) is 37.4 Å². The molecule has 33 heavy (non-hydrogen) atoms. The summed E-state index contributed by atoms with van der Waals surface area (Å²) in [4.78, 5) is 13.8. The molecule has 2 aliphatic heterocycles. The van der Waals surface area contributed by atoms with Gasteiger partial charge in [-0.2, -0.15) is 4.98 Å². The van der Waals surface area contributed by atoms with Crippen LogP contribution in [0.4, 0.5) is 20.5 Å². The average Bonchev–Trinajstić information content (AvgIpc) is 3.29. The lowest BCUT2D eigenvalue weighted by molar-refractivity contribution is -0.0222. The molecule has 1 aliphatic carbocycles. The molecule has 0 radical (unpaired) electrons. The van der Waals surface area contributed by atoms with Crippen LogP contribution >= 0.6 is 0 Å². The van der Waals surface area contributed by atoms with Gasteiger partial charge in [-0.15, -0.1) is 0 Å². The Hall–Kier alpha value is -2.66. The zero-order valence-corrected chi connectivity index (χ0v) is 19.2. The van der Waals surface area contributed by atoms with Crippen LogP contribution in [0.15, 0.2) is 12.1 Å². The number of aromatic nitrogens is 2. The summed E-state index contributed by atoms with van der Waals surface area (Å²) in [6.45, 7) is 3.45. The largest absolute Gasteiger partial charge is 0.495 e. The second kappa shape index (κ2) is 9.30. The number of nitrogens with one attached hydrogen (secondary N) is 1. The number of hydrogen-bond acceptors (Lipinski definition) is 6. The highest BCUT2D eigenvalue weighted by Gasteiger charge is 2.35. The third-order valence-electron chi connectivity index (χ3n) is 6.95. The molecule has 3 aliphatic rings. The smallest absolute Gasteiger partial charge is 0.251 e. The molecule has 0 atom stereocenters. The van der Waals surface area contributed by atoms with Crippen LogP contribution in [-0.4, -0.2) is 66.7 Å². The maximum Gasteiger partial charge on any atom is 0.251 e. The zero-order valence-electron chi connectivity index (χ0n) is 19.2. The Kier molecular flexibility index (Phi) is 6.24. The fraction of sp³-hybridized carbons (Fsp3) is 0.600. The van der Waals surface area contributed by atoms with E-state index in [0.29, 0.717) is 17.7 Å². The van der Waals surface area contributed by atoms with Crippen LogP contribution in [0.5, 0.6) is 5.75 Å². The van der Waals surface area contributed by atoms with Crippen molar-refractivity contribution in [3.8, 4) is 17.6 Å². The van der Waals surface area contributed by atoms with Gasteiger partial charge in [-0.1, -0.05) is 11.8 Å². The van der Waals surface area contributed by atoms with Crippen molar-refractivity contribution in [2.75, 3.05) is 50.1 Å². The molecule has 6 nitrogen and oxygen atoms in total. The van der Waals surface area contributed by atoms with Gasteiger partial charge in [0.1, 0.15) is 11.6 Å². The molecule has 0 spiro atoms. The minimum atomic E-state index is -2.61. The topological polar surface area (TPSA) is 53.5 Å². The van der Waals surface area contributed by atoms with Crippen molar-refractivity contribution in [2.45, 2.75) is 56.9 Å². The first-order chi connectivity index (χ1) is 16.0. The van der Waals surface area contributed by atoms with Gasteiger partial charge in [0.2, 0.25) is 5.95 Å². The summed E-state index contributed by atoms with van der Waals surface area (Å²) in [6, 6.07) is 4.28. The van der Waals surface area contributed by atoms with Gasteiger partial charge in [-0.25, -0.2) is 13.8 Å². The second-order valence-corrected chi connectivity index (χ2v) is 9.34. The maximum absolute atomic E-state index is 13.7. The summed E-state index contributed by atoms with van der Waals surface area (Å²) in [6.07, 6.45) is 5.54. The maximum atomic E-state index is 13.7. The highest BCUT2D eigenvalue weighted by Crippen LogP contribution is 2.34. The van der Waals surface area contributed by atoms with Crippen LogP contribution in [0.1, 0.15) is 50.5 Å². The summed E-state index contributed by atoms with van der Waals surface area (Å²) < 4.78 is 33.1. The first-order valence-corrected chi connectivity index (χ1v) is 12.0. The fourth-order valence-electron chi connectivity index (χ4n) is 4.63. The molecule has 1 aromatic carbocycles. The van der Waals surface area contributed by atoms with E-state index in [1.165, 1.54) is 19.3 Å². The van der Waals surface area contributed by atoms with Crippen molar-refractivity contribution in [3.63, 3.8) is 0 Å². The Morgan fingerprint density at radius 1 is 1.09 bits per heavy atom. The Morgan fingerprint density at radius 2 is 1.85 bits per heavy atom. The van der Waals surface area contributed by atoms with E-state index in [2.05, 4.69) is 22.1 Å². The fourth-order valence-corrected chi connectivity index (χ4v) is 4.63. The van der Waals surface area contributed by atoms with E-state index >= 15 is 0 Å². The van der Waals surface area contributed by atoms with Crippen molar-refractivity contribution in [3.05, 3.63) is 17.7 Å². The van der Waals surface area contributed by atoms with Crippen molar-refractivity contribution in [1.82, 2.24) is 14.9 Å². The molecule has 2 saturated heterocycles. The van der Waals surface area contributed by atoms with Gasteiger partial charge in [0.05, 0.1) is 24.7 Å². The minimum absolute atomic E-state index is 0.171. The average molecular weight is 456 g/mol. The van der Waals surface area contributed by atoms with Crippen molar-refractivity contribution >= 4 is 22.7 Å². The van der Waals surface area contributed by atoms with Crippen molar-refractivity contribution < 1.29 is 13.5 Å². The Labute approximate surface area is 193 Å². The molecule has 2 aromatic rings. The molecule has 0 bridgehead atoms. The number of benzene rings is 1. The first-order valence-electron chi connectivity index (χ1n) is 12.0. The lowest BCUT2D eigenvalue weighted by atomic mass is 9.93. The van der Waals surface area contributed by atoms with Crippen molar-refractivity contribution in [1.29, 1.82) is 0 Å². The highest BCUT2D eigenvalue weighted by atomic mass is 19.3. The summed E-state index contributed by atoms with van der Waals surface area (Å²) >= 11 is 0. The predicted octanol–water partition coefficient (Wildman–Crippen LogP) is 4.29. The van der Waals surface area contributed by atoms with Gasteiger partial charge in [-0.3, -0.25) is 4.90 Å². The Balaban J connectivity index is 1.49. The number of nitrogens with zero attached hydrogens (tertiary/aromatic N) is 4. The second-order valence-electron chi connectivity index (χ2n) is 9.34. The summed E-state index contributed by atoms with van der Waals surface area (Å²) in [5.74, 6) is 5.88. The normalized spacial score (nSPS) is 20.9. The number of anilines is 2. The van der Waals surface area contributed by atoms with Gasteiger partial charge in [0.25, 0.3) is 5.92 Å². The third-order valence-corrected chi connectivity index (χ3v) is 6.95. The monoisotopic (exact) mass is 455 g/mol. The summed E-state index contributed by atoms with van der Waals surface area (Å²) in [5.41, 5.74) is 1.54. The molecule has 3 heterocycles. The van der Waals surface area contributed by atoms with Crippen LogP contribution in [0.25, 0.3) is 10.9 Å². The van der Waals surface area contributed by atoms with E-state index in [1.807, 2.05) is 17.0 Å². The molecule has 3 fully saturated rings. The van der Waals surface area contributed by atoms with E-state index < -0.39 is 5.92 Å². The zero-order chi connectivity index (χ0) is 22.8. The van der Waals surface area contributed by atoms with Crippen LogP contribution in [0.2, 0.25) is 0 Å². The number of rotatable bonds is 5. The van der Waals surface area contributed by atoms with Crippen LogP contribution in [-0.2, 0) is 0 Å². The van der Waals surface area contributed by atoms with Gasteiger partial charge < -0.3 is 15.0 Å². The van der Waals surface area contributed by atoms with Gasteiger partial charge in [-0.05, 0) is 57.3 Å². The molecule has 1 aromatic heterocycles. The lowest BCUT2D eigenvalue weighted by Crippen LogP contribution is -2.40. The molecular formula is C25H31F2N5O. The number of fused-ring (bicyclic) bond motifs is 1. The van der Waals surface area contributed by atoms with Gasteiger partial charge in [0.15, 0.2) is 0 Å². The van der Waals surface area contributed by atoms with E-state index in [-0.39, 0.29) is 25.9 Å². The molecule has 0 unspecified atom stereocenters. The molecular weight excluding hydrogens is 424 g/mol. The molecule has 5 rings (SSSR count). The van der Waals surface area contributed by atoms with Crippen LogP contribution in [0, 0.1) is 11.8 Å². The number of alkyl halides is 2. The summed E-state index contributed by atoms with van der Waals surface area (Å²) in [5, 5.41) is 4.41. The first kappa shape index (κ1) is 22.1. The molecule has 176 valence electrons. The summed E-state index contributed by atoms with van der Waals surface area (Å²) in [7, 11) is 1.65. The number of likely N-dealkylation sites (tertiary alicyclic amines) is 1. The quantitative estimate of drug-likeness (QED) is 0.679. The predicted molar refractivity (Wildman–Crippen MR) is 126 cm³/mol. The van der Waals surface area contributed by atoms with E-state index in [9.17, 15) is 8.78 Å². The van der Waals surface area contributed by atoms with E-state index in [0.717, 1.165) is 54.8 Å². The van der Waals surface area contributed by atoms with Crippen LogP contribution < -0.4 is 15.0 Å². The van der Waals surface area contributed by atoms with Crippen LogP contribution in [0.3, 0.4) is 0 Å². The lowest BCUT2D eigenvalue weighted by Gasteiger charge is -2.32. The Bertz CT molecular complexity index is 1060. The van der Waals surface area contributed by atoms with Gasteiger partial charge >= 0.3 is 0 Å². The third kappa shape index (κ3) is 4.98. The Morgan fingerprint density at radius 3 is 2.52 bits per heavy atom. The number of halogens is 2. The minimum Gasteiger partial charge on any atom is -0.495 e. The number of piperidine rings is 1. The van der Waals surface area contributed by atoms with E-state index in [1.54, 1.807) is 7.11 Å². The molecule has 1 saturated carbocycles. The SMILES string of the molecule is COc1cc2c(NC3CCC3)nc(N3CCC(F)(F)CC3)nc2cc1C#CCN1CCCC1. The number of hydrogen-bond donors (Lipinski definition) is 1. The molecule has 1 N–H and O–H groups in total. The van der Waals surface area contributed by atoms with E-state index in [4.69, 9.17) is 14.7 Å². The molecule has 8 heteroatoms. The standard InChI is InChI=1S/C25H31F2N5O/c1-33-22-17-20-21(16-18(22)6-5-13-31-11-2-3-12-31)29-24(30-23(20)28-19-7-4-8-19)32-14-9-25(26,27)10-15-32/h16-17,19H,2-4,7-15H2,1H3,(H,28,29,30). The molecule has 0 amide bonds. The number of ether oxygens (including phenoxy) is 1. The van der Waals surface area contributed by atoms with Crippen molar-refractivity contribution in [2.24, 2.45) is 0 Å². The number of methoxy groups -OCH3 is 1. The highest BCUT2D eigenvalue weighted by molar-refractivity contribution is 5.93.